The van der Waals surface area contributed by atoms with Crippen LogP contribution in [0.5, 0.6) is 0 Å². The summed E-state index contributed by atoms with van der Waals surface area (Å²) in [6.07, 6.45) is 1.19. The minimum absolute atomic E-state index is 0.611. The predicted octanol–water partition coefficient (Wildman–Crippen LogP) is 3.02. The molecule has 1 aromatic carbocycles. The summed E-state index contributed by atoms with van der Waals surface area (Å²) in [6, 6.07) is 8.16. The number of hydrogen-bond acceptors (Lipinski definition) is 3. The summed E-state index contributed by atoms with van der Waals surface area (Å²) >= 11 is 0. The van der Waals surface area contributed by atoms with Crippen molar-refractivity contribution in [2.75, 3.05) is 31.6 Å². The Bertz CT molecular complexity index is 446. The fourth-order valence-corrected chi connectivity index (χ4v) is 3.09. The smallest absolute Gasteiger partial charge is 0.0370 e. The first-order chi connectivity index (χ1) is 10.0. The predicted molar refractivity (Wildman–Crippen MR) is 92.1 cm³/mol. The van der Waals surface area contributed by atoms with E-state index in [9.17, 15) is 0 Å². The Labute approximate surface area is 130 Å². The van der Waals surface area contributed by atoms with E-state index in [1.54, 1.807) is 0 Å². The highest BCUT2D eigenvalue weighted by Crippen LogP contribution is 2.24. The lowest BCUT2D eigenvalue weighted by Crippen LogP contribution is -2.55. The maximum absolute atomic E-state index is 3.49. The highest BCUT2D eigenvalue weighted by Gasteiger charge is 2.26. The van der Waals surface area contributed by atoms with Crippen LogP contribution < -0.4 is 10.2 Å². The van der Waals surface area contributed by atoms with Gasteiger partial charge in [0.1, 0.15) is 0 Å². The van der Waals surface area contributed by atoms with Gasteiger partial charge in [0.05, 0.1) is 0 Å². The Morgan fingerprint density at radius 2 is 1.86 bits per heavy atom. The van der Waals surface area contributed by atoms with E-state index >= 15 is 0 Å². The van der Waals surface area contributed by atoms with Crippen molar-refractivity contribution >= 4 is 5.69 Å². The topological polar surface area (TPSA) is 18.5 Å². The van der Waals surface area contributed by atoms with Gasteiger partial charge >= 0.3 is 0 Å². The van der Waals surface area contributed by atoms with Crippen LogP contribution in [0.3, 0.4) is 0 Å². The lowest BCUT2D eigenvalue weighted by atomic mass is 10.0. The normalized spacial score (nSPS) is 23.6. The van der Waals surface area contributed by atoms with Crippen molar-refractivity contribution in [2.24, 2.45) is 0 Å². The van der Waals surface area contributed by atoms with Crippen LogP contribution in [0.1, 0.15) is 38.3 Å². The van der Waals surface area contributed by atoms with Crippen LogP contribution in [0.4, 0.5) is 5.69 Å². The summed E-state index contributed by atoms with van der Waals surface area (Å²) in [4.78, 5) is 5.01. The SMILES string of the molecule is CCCNCc1ccc(N2CC(C)N(C)C(C)C2)cc1C. The maximum Gasteiger partial charge on any atom is 0.0370 e. The highest BCUT2D eigenvalue weighted by atomic mass is 15.3. The lowest BCUT2D eigenvalue weighted by Gasteiger charge is -2.43. The van der Waals surface area contributed by atoms with Crippen LogP contribution >= 0.6 is 0 Å². The third-order valence-electron chi connectivity index (χ3n) is 4.79. The molecule has 3 heteroatoms. The summed E-state index contributed by atoms with van der Waals surface area (Å²) in [5.41, 5.74) is 4.19. The molecule has 0 radical (unpaired) electrons. The average molecular weight is 289 g/mol. The molecule has 118 valence electrons. The number of nitrogens with one attached hydrogen (secondary N) is 1. The average Bonchev–Trinajstić information content (AvgIpc) is 2.46. The molecule has 0 aliphatic carbocycles. The first-order valence-electron chi connectivity index (χ1n) is 8.30. The number of aryl methyl sites for hydroxylation is 1. The number of nitrogens with zero attached hydrogens (tertiary/aromatic N) is 2. The molecule has 1 saturated heterocycles. The zero-order chi connectivity index (χ0) is 15.4. The second-order valence-corrected chi connectivity index (χ2v) is 6.56. The molecule has 2 rings (SSSR count). The van der Waals surface area contributed by atoms with E-state index in [1.807, 2.05) is 0 Å². The van der Waals surface area contributed by atoms with Crippen molar-refractivity contribution in [3.05, 3.63) is 29.3 Å². The van der Waals surface area contributed by atoms with E-state index in [4.69, 9.17) is 0 Å². The Hall–Kier alpha value is -1.06. The van der Waals surface area contributed by atoms with Crippen molar-refractivity contribution in [3.63, 3.8) is 0 Å². The first-order valence-corrected chi connectivity index (χ1v) is 8.30. The molecule has 0 amide bonds. The van der Waals surface area contributed by atoms with Crippen molar-refractivity contribution in [1.82, 2.24) is 10.2 Å². The molecule has 0 saturated carbocycles. The van der Waals surface area contributed by atoms with E-state index < -0.39 is 0 Å². The van der Waals surface area contributed by atoms with Gasteiger partial charge in [0, 0.05) is 37.4 Å². The van der Waals surface area contributed by atoms with E-state index in [0.717, 1.165) is 26.2 Å². The van der Waals surface area contributed by atoms with Gasteiger partial charge in [0.2, 0.25) is 0 Å². The molecular weight excluding hydrogens is 258 g/mol. The van der Waals surface area contributed by atoms with Gasteiger partial charge in [-0.25, -0.2) is 0 Å². The Morgan fingerprint density at radius 1 is 1.19 bits per heavy atom. The fraction of sp³-hybridized carbons (Fsp3) is 0.667. The molecule has 2 atom stereocenters. The molecule has 1 aliphatic rings. The van der Waals surface area contributed by atoms with Crippen LogP contribution in [-0.2, 0) is 6.54 Å². The number of rotatable bonds is 5. The Balaban J connectivity index is 2.05. The summed E-state index contributed by atoms with van der Waals surface area (Å²) in [5, 5.41) is 3.49. The molecule has 1 N–H and O–H groups in total. The van der Waals surface area contributed by atoms with Gasteiger partial charge in [-0.15, -0.1) is 0 Å². The molecule has 1 fully saturated rings. The molecule has 2 unspecified atom stereocenters. The van der Waals surface area contributed by atoms with Crippen molar-refractivity contribution < 1.29 is 0 Å². The standard InChI is InChI=1S/C18H31N3/c1-6-9-19-11-17-7-8-18(10-14(17)2)21-12-15(3)20(5)16(4)13-21/h7-8,10,15-16,19H,6,9,11-13H2,1-5H3. The second-order valence-electron chi connectivity index (χ2n) is 6.56. The van der Waals surface area contributed by atoms with E-state index in [-0.39, 0.29) is 0 Å². The third-order valence-corrected chi connectivity index (χ3v) is 4.79. The molecule has 1 aromatic rings. The van der Waals surface area contributed by atoms with Crippen molar-refractivity contribution in [3.8, 4) is 0 Å². The molecule has 0 aromatic heterocycles. The van der Waals surface area contributed by atoms with Crippen LogP contribution in [0.25, 0.3) is 0 Å². The van der Waals surface area contributed by atoms with Gasteiger partial charge in [-0.05, 0) is 64.0 Å². The summed E-state index contributed by atoms with van der Waals surface area (Å²) in [7, 11) is 2.24. The molecule has 0 bridgehead atoms. The second kappa shape index (κ2) is 7.28. The Kier molecular flexibility index (Phi) is 5.65. The number of piperazine rings is 1. The zero-order valence-corrected chi connectivity index (χ0v) is 14.3. The minimum Gasteiger partial charge on any atom is -0.368 e. The monoisotopic (exact) mass is 289 g/mol. The number of benzene rings is 1. The van der Waals surface area contributed by atoms with E-state index in [2.05, 4.69) is 68.1 Å². The molecular formula is C18H31N3. The van der Waals surface area contributed by atoms with Gasteiger partial charge in [0.15, 0.2) is 0 Å². The zero-order valence-electron chi connectivity index (χ0n) is 14.3. The summed E-state index contributed by atoms with van der Waals surface area (Å²) in [6.45, 7) is 13.4. The lowest BCUT2D eigenvalue weighted by molar-refractivity contribution is 0.170. The number of likely N-dealkylation sites (N-methyl/N-ethyl adjacent to an activating group) is 1. The highest BCUT2D eigenvalue weighted by molar-refractivity contribution is 5.51. The van der Waals surface area contributed by atoms with Crippen LogP contribution in [0.2, 0.25) is 0 Å². The fourth-order valence-electron chi connectivity index (χ4n) is 3.09. The van der Waals surface area contributed by atoms with E-state index in [1.165, 1.54) is 23.2 Å². The third kappa shape index (κ3) is 3.98. The molecule has 3 nitrogen and oxygen atoms in total. The van der Waals surface area contributed by atoms with Gasteiger partial charge in [-0.2, -0.15) is 0 Å². The first kappa shape index (κ1) is 16.3. The largest absolute Gasteiger partial charge is 0.368 e. The maximum atomic E-state index is 3.49. The van der Waals surface area contributed by atoms with Crippen LogP contribution in [0.15, 0.2) is 18.2 Å². The quantitative estimate of drug-likeness (QED) is 0.841. The molecule has 21 heavy (non-hydrogen) atoms. The summed E-state index contributed by atoms with van der Waals surface area (Å²) < 4.78 is 0. The van der Waals surface area contributed by atoms with Crippen molar-refractivity contribution in [1.29, 1.82) is 0 Å². The van der Waals surface area contributed by atoms with Gasteiger partial charge in [-0.3, -0.25) is 4.90 Å². The summed E-state index contributed by atoms with van der Waals surface area (Å²) in [5.74, 6) is 0. The van der Waals surface area contributed by atoms with Gasteiger partial charge < -0.3 is 10.2 Å². The van der Waals surface area contributed by atoms with Crippen LogP contribution in [-0.4, -0.2) is 43.7 Å². The van der Waals surface area contributed by atoms with Crippen LogP contribution in [0, 0.1) is 6.92 Å². The van der Waals surface area contributed by atoms with Gasteiger partial charge in [0.25, 0.3) is 0 Å². The molecule has 1 aliphatic heterocycles. The van der Waals surface area contributed by atoms with Gasteiger partial charge in [-0.1, -0.05) is 13.0 Å². The van der Waals surface area contributed by atoms with Crippen molar-refractivity contribution in [2.45, 2.75) is 52.7 Å². The van der Waals surface area contributed by atoms with E-state index in [0.29, 0.717) is 12.1 Å². The number of hydrogen-bond donors (Lipinski definition) is 1. The Morgan fingerprint density at radius 3 is 2.43 bits per heavy atom. The number of anilines is 1. The molecule has 0 spiro atoms. The minimum atomic E-state index is 0.611. The molecule has 1 heterocycles.